The Morgan fingerprint density at radius 2 is 1.79 bits per heavy atom. The lowest BCUT2D eigenvalue weighted by atomic mass is 9.97. The van der Waals surface area contributed by atoms with Gasteiger partial charge in [-0.3, -0.25) is 0 Å². The van der Waals surface area contributed by atoms with Crippen LogP contribution in [0.2, 0.25) is 5.02 Å². The summed E-state index contributed by atoms with van der Waals surface area (Å²) in [6.45, 7) is 6.34. The summed E-state index contributed by atoms with van der Waals surface area (Å²) in [5, 5.41) is 3.60. The predicted octanol–water partition coefficient (Wildman–Crippen LogP) is 4.95. The second-order valence-corrected chi connectivity index (χ2v) is 5.13. The minimum Gasteiger partial charge on any atom is -0.310 e. The van der Waals surface area contributed by atoms with Crippen molar-refractivity contribution in [3.63, 3.8) is 0 Å². The number of nitrogens with one attached hydrogen (secondary N) is 1. The van der Waals surface area contributed by atoms with Gasteiger partial charge in [0.25, 0.3) is 0 Å². The first-order chi connectivity index (χ1) is 8.74. The van der Waals surface area contributed by atoms with Gasteiger partial charge in [0.2, 0.25) is 0 Å². The van der Waals surface area contributed by atoms with Crippen molar-refractivity contribution in [1.29, 1.82) is 0 Å². The number of benzene rings is 1. The van der Waals surface area contributed by atoms with Crippen LogP contribution in [0.25, 0.3) is 0 Å². The van der Waals surface area contributed by atoms with Gasteiger partial charge in [0.15, 0.2) is 0 Å². The molecule has 0 aliphatic carbocycles. The fraction of sp³-hybridized carbons (Fsp3) is 0.571. The van der Waals surface area contributed by atoms with Crippen LogP contribution in [0, 0.1) is 13.8 Å². The zero-order chi connectivity index (χ0) is 14.6. The van der Waals surface area contributed by atoms with Crippen molar-refractivity contribution in [2.75, 3.05) is 6.54 Å². The van der Waals surface area contributed by atoms with E-state index in [4.69, 9.17) is 11.6 Å². The first-order valence-corrected chi connectivity index (χ1v) is 6.69. The molecule has 19 heavy (non-hydrogen) atoms. The van der Waals surface area contributed by atoms with Crippen LogP contribution in [-0.2, 0) is 0 Å². The molecule has 0 amide bonds. The summed E-state index contributed by atoms with van der Waals surface area (Å²) in [6, 6.07) is 3.32. The quantitative estimate of drug-likeness (QED) is 0.810. The summed E-state index contributed by atoms with van der Waals surface area (Å²) in [7, 11) is 0. The average molecular weight is 294 g/mol. The second kappa shape index (κ2) is 6.62. The van der Waals surface area contributed by atoms with Crippen LogP contribution in [0.5, 0.6) is 0 Å². The largest absolute Gasteiger partial charge is 0.389 e. The predicted molar refractivity (Wildman–Crippen MR) is 72.6 cm³/mol. The third-order valence-electron chi connectivity index (χ3n) is 3.16. The molecule has 0 fully saturated rings. The Hall–Kier alpha value is -0.740. The monoisotopic (exact) mass is 293 g/mol. The van der Waals surface area contributed by atoms with Crippen molar-refractivity contribution in [2.45, 2.75) is 45.8 Å². The maximum Gasteiger partial charge on any atom is 0.389 e. The molecule has 1 atom stereocenters. The maximum absolute atomic E-state index is 12.4. The highest BCUT2D eigenvalue weighted by Crippen LogP contribution is 2.32. The number of aryl methyl sites for hydroxylation is 2. The Balaban J connectivity index is 2.95. The van der Waals surface area contributed by atoms with Crippen LogP contribution >= 0.6 is 11.6 Å². The Morgan fingerprint density at radius 3 is 2.32 bits per heavy atom. The second-order valence-electron chi connectivity index (χ2n) is 4.72. The van der Waals surface area contributed by atoms with Gasteiger partial charge < -0.3 is 5.32 Å². The SMILES string of the molecule is CCNC(CCC(F)(F)F)c1cc(C)c(C)cc1Cl. The van der Waals surface area contributed by atoms with Crippen molar-refractivity contribution < 1.29 is 13.2 Å². The van der Waals surface area contributed by atoms with E-state index < -0.39 is 12.6 Å². The van der Waals surface area contributed by atoms with Crippen LogP contribution < -0.4 is 5.32 Å². The van der Waals surface area contributed by atoms with Gasteiger partial charge in [0.1, 0.15) is 0 Å². The molecule has 0 spiro atoms. The smallest absolute Gasteiger partial charge is 0.310 e. The summed E-state index contributed by atoms with van der Waals surface area (Å²) in [5.41, 5.74) is 2.82. The van der Waals surface area contributed by atoms with E-state index in [0.717, 1.165) is 16.7 Å². The average Bonchev–Trinajstić information content (AvgIpc) is 2.28. The first kappa shape index (κ1) is 16.3. The van der Waals surface area contributed by atoms with Gasteiger partial charge in [-0.15, -0.1) is 0 Å². The number of alkyl halides is 3. The van der Waals surface area contributed by atoms with E-state index in [1.807, 2.05) is 32.9 Å². The molecule has 108 valence electrons. The molecule has 1 aromatic carbocycles. The normalized spacial score (nSPS) is 13.6. The lowest BCUT2D eigenvalue weighted by Gasteiger charge is -2.21. The van der Waals surface area contributed by atoms with Gasteiger partial charge in [-0.1, -0.05) is 24.6 Å². The topological polar surface area (TPSA) is 12.0 Å². The van der Waals surface area contributed by atoms with Crippen LogP contribution in [0.1, 0.15) is 42.5 Å². The molecule has 1 unspecified atom stereocenters. The van der Waals surface area contributed by atoms with Gasteiger partial charge in [-0.25, -0.2) is 0 Å². The van der Waals surface area contributed by atoms with E-state index in [2.05, 4.69) is 5.32 Å². The van der Waals surface area contributed by atoms with Gasteiger partial charge in [-0.05, 0) is 49.6 Å². The Labute approximate surface area is 117 Å². The van der Waals surface area contributed by atoms with Crippen LogP contribution in [0.4, 0.5) is 13.2 Å². The van der Waals surface area contributed by atoms with Crippen molar-refractivity contribution in [1.82, 2.24) is 5.32 Å². The van der Waals surface area contributed by atoms with Crippen molar-refractivity contribution in [2.24, 2.45) is 0 Å². The molecule has 0 bridgehead atoms. The third-order valence-corrected chi connectivity index (χ3v) is 3.48. The standard InChI is InChI=1S/C14H19ClF3N/c1-4-19-13(5-6-14(16,17)18)11-7-9(2)10(3)8-12(11)15/h7-8,13,19H,4-6H2,1-3H3. The Kier molecular flexibility index (Phi) is 5.68. The molecule has 1 aromatic rings. The molecule has 0 aliphatic heterocycles. The molecule has 1 nitrogen and oxygen atoms in total. The molecular formula is C14H19ClF3N. The number of halogens is 4. The molecular weight excluding hydrogens is 275 g/mol. The van der Waals surface area contributed by atoms with E-state index in [9.17, 15) is 13.2 Å². The zero-order valence-electron chi connectivity index (χ0n) is 11.4. The highest BCUT2D eigenvalue weighted by Gasteiger charge is 2.29. The fourth-order valence-corrected chi connectivity index (χ4v) is 2.34. The molecule has 1 rings (SSSR count). The van der Waals surface area contributed by atoms with Crippen molar-refractivity contribution in [3.05, 3.63) is 33.8 Å². The van der Waals surface area contributed by atoms with Crippen LogP contribution in [0.15, 0.2) is 12.1 Å². The fourth-order valence-electron chi connectivity index (χ4n) is 1.99. The zero-order valence-corrected chi connectivity index (χ0v) is 12.1. The number of hydrogen-bond acceptors (Lipinski definition) is 1. The highest BCUT2D eigenvalue weighted by atomic mass is 35.5. The van der Waals surface area contributed by atoms with Gasteiger partial charge in [0, 0.05) is 17.5 Å². The van der Waals surface area contributed by atoms with Crippen molar-refractivity contribution >= 4 is 11.6 Å². The highest BCUT2D eigenvalue weighted by molar-refractivity contribution is 6.31. The third kappa shape index (κ3) is 5.03. The minimum absolute atomic E-state index is 0.000436. The van der Waals surface area contributed by atoms with Gasteiger partial charge in [-0.2, -0.15) is 13.2 Å². The van der Waals surface area contributed by atoms with Gasteiger partial charge >= 0.3 is 6.18 Å². The summed E-state index contributed by atoms with van der Waals surface area (Å²) >= 11 is 6.16. The van der Waals surface area contributed by atoms with Crippen molar-refractivity contribution in [3.8, 4) is 0 Å². The molecule has 0 radical (unpaired) electrons. The molecule has 1 N–H and O–H groups in total. The number of hydrogen-bond donors (Lipinski definition) is 1. The molecule has 0 saturated carbocycles. The number of rotatable bonds is 5. The summed E-state index contributed by atoms with van der Waals surface area (Å²) in [4.78, 5) is 0. The first-order valence-electron chi connectivity index (χ1n) is 6.31. The Morgan fingerprint density at radius 1 is 1.21 bits per heavy atom. The van der Waals surface area contributed by atoms with E-state index in [1.54, 1.807) is 0 Å². The van der Waals surface area contributed by atoms with E-state index >= 15 is 0 Å². The molecule has 0 heterocycles. The minimum atomic E-state index is -4.14. The lowest BCUT2D eigenvalue weighted by Crippen LogP contribution is -2.23. The molecule has 0 aliphatic rings. The Bertz CT molecular complexity index is 429. The molecule has 0 aromatic heterocycles. The van der Waals surface area contributed by atoms with Crippen LogP contribution in [0.3, 0.4) is 0 Å². The summed E-state index contributed by atoms with van der Waals surface area (Å²) in [5.74, 6) is 0. The van der Waals surface area contributed by atoms with E-state index in [0.29, 0.717) is 11.6 Å². The lowest BCUT2D eigenvalue weighted by molar-refractivity contribution is -0.136. The molecule has 5 heteroatoms. The van der Waals surface area contributed by atoms with E-state index in [-0.39, 0.29) is 12.5 Å². The molecule has 0 saturated heterocycles. The maximum atomic E-state index is 12.4. The van der Waals surface area contributed by atoms with Crippen LogP contribution in [-0.4, -0.2) is 12.7 Å². The summed E-state index contributed by atoms with van der Waals surface area (Å²) in [6.07, 6.45) is -4.95. The van der Waals surface area contributed by atoms with E-state index in [1.165, 1.54) is 0 Å². The van der Waals surface area contributed by atoms with Gasteiger partial charge in [0.05, 0.1) is 0 Å². The summed E-state index contributed by atoms with van der Waals surface area (Å²) < 4.78 is 37.1.